The molecule has 0 spiro atoms. The second-order valence-corrected chi connectivity index (χ2v) is 9.58. The lowest BCUT2D eigenvalue weighted by Gasteiger charge is -2.32. The van der Waals surface area contributed by atoms with Crippen molar-refractivity contribution in [2.45, 2.75) is 70.5 Å². The van der Waals surface area contributed by atoms with Crippen molar-refractivity contribution in [1.82, 2.24) is 10.2 Å². The predicted octanol–water partition coefficient (Wildman–Crippen LogP) is 6.03. The number of methoxy groups -OCH3 is 1. The number of nitrogens with zero attached hydrogens (tertiary/aromatic N) is 1. The number of carbonyl (C=O) groups excluding carboxylic acids is 2. The lowest BCUT2D eigenvalue weighted by Crippen LogP contribution is -2.51. The van der Waals surface area contributed by atoms with E-state index in [1.165, 1.54) is 0 Å². The summed E-state index contributed by atoms with van der Waals surface area (Å²) < 4.78 is 10.9. The first-order chi connectivity index (χ1) is 16.9. The summed E-state index contributed by atoms with van der Waals surface area (Å²) >= 11 is 12.8. The number of ether oxygens (including phenoxy) is 2. The van der Waals surface area contributed by atoms with Crippen LogP contribution in [0.4, 0.5) is 0 Å². The van der Waals surface area contributed by atoms with Crippen molar-refractivity contribution in [3.05, 3.63) is 58.1 Å². The van der Waals surface area contributed by atoms with Gasteiger partial charge in [0.25, 0.3) is 0 Å². The van der Waals surface area contributed by atoms with Gasteiger partial charge in [0.15, 0.2) is 0 Å². The molecule has 2 aromatic rings. The lowest BCUT2D eigenvalue weighted by atomic mass is 10.1. The zero-order chi connectivity index (χ0) is 25.2. The molecule has 1 aliphatic carbocycles. The van der Waals surface area contributed by atoms with Crippen molar-refractivity contribution in [2.24, 2.45) is 0 Å². The quantitative estimate of drug-likeness (QED) is 0.347. The van der Waals surface area contributed by atoms with Crippen molar-refractivity contribution >= 4 is 35.0 Å². The van der Waals surface area contributed by atoms with E-state index in [4.69, 9.17) is 32.7 Å². The van der Waals surface area contributed by atoms with E-state index in [-0.39, 0.29) is 30.8 Å². The van der Waals surface area contributed by atoms with Gasteiger partial charge < -0.3 is 19.7 Å². The van der Waals surface area contributed by atoms with E-state index in [0.29, 0.717) is 40.8 Å². The molecular formula is C27H34Cl2N2O4. The molecule has 0 bridgehead atoms. The number of halogens is 2. The maximum absolute atomic E-state index is 13.4. The molecule has 2 amide bonds. The fourth-order valence-electron chi connectivity index (χ4n) is 4.37. The van der Waals surface area contributed by atoms with Crippen LogP contribution in [-0.2, 0) is 16.1 Å². The number of hydrogen-bond acceptors (Lipinski definition) is 4. The van der Waals surface area contributed by atoms with Crippen LogP contribution in [0.3, 0.4) is 0 Å². The Hall–Kier alpha value is -2.44. The molecule has 8 heteroatoms. The second kappa shape index (κ2) is 13.6. The monoisotopic (exact) mass is 520 g/mol. The van der Waals surface area contributed by atoms with Gasteiger partial charge in [-0.3, -0.25) is 9.59 Å². The predicted molar refractivity (Wildman–Crippen MR) is 139 cm³/mol. The summed E-state index contributed by atoms with van der Waals surface area (Å²) in [6.07, 6.45) is 5.45. The molecule has 1 atom stereocenters. The molecular weight excluding hydrogens is 487 g/mol. The normalized spacial score (nSPS) is 14.4. The minimum atomic E-state index is -0.599. The van der Waals surface area contributed by atoms with Gasteiger partial charge in [0, 0.05) is 34.6 Å². The highest BCUT2D eigenvalue weighted by Gasteiger charge is 2.31. The summed E-state index contributed by atoms with van der Waals surface area (Å²) in [5.74, 6) is 1.21. The Kier molecular flexibility index (Phi) is 10.5. The molecule has 0 unspecified atom stereocenters. The molecule has 0 aliphatic heterocycles. The average molecular weight is 521 g/mol. The molecule has 0 aromatic heterocycles. The fourth-order valence-corrected chi connectivity index (χ4v) is 4.89. The van der Waals surface area contributed by atoms with Crippen LogP contribution in [0.15, 0.2) is 42.5 Å². The molecule has 0 saturated heterocycles. The number of rotatable bonds is 12. The molecule has 1 N–H and O–H groups in total. The van der Waals surface area contributed by atoms with E-state index < -0.39 is 6.04 Å². The molecule has 3 rings (SSSR count). The van der Waals surface area contributed by atoms with Crippen molar-refractivity contribution in [3.63, 3.8) is 0 Å². The van der Waals surface area contributed by atoms with Crippen LogP contribution in [0.5, 0.6) is 11.5 Å². The molecule has 1 fully saturated rings. The van der Waals surface area contributed by atoms with Crippen molar-refractivity contribution < 1.29 is 19.1 Å². The largest absolute Gasteiger partial charge is 0.497 e. The zero-order valence-corrected chi connectivity index (χ0v) is 21.9. The highest BCUT2D eigenvalue weighted by atomic mass is 35.5. The average Bonchev–Trinajstić information content (AvgIpc) is 3.36. The first kappa shape index (κ1) is 27.2. The van der Waals surface area contributed by atoms with Gasteiger partial charge in [-0.2, -0.15) is 0 Å². The Morgan fingerprint density at radius 2 is 1.69 bits per heavy atom. The number of carbonyl (C=O) groups is 2. The maximum atomic E-state index is 13.4. The van der Waals surface area contributed by atoms with Crippen LogP contribution < -0.4 is 14.8 Å². The van der Waals surface area contributed by atoms with Gasteiger partial charge in [-0.25, -0.2) is 0 Å². The summed E-state index contributed by atoms with van der Waals surface area (Å²) in [6.45, 7) is 2.47. The fraction of sp³-hybridized carbons (Fsp3) is 0.481. The Bertz CT molecular complexity index is 957. The van der Waals surface area contributed by atoms with E-state index >= 15 is 0 Å². The Labute approximate surface area is 217 Å². The highest BCUT2D eigenvalue weighted by molar-refractivity contribution is 6.36. The topological polar surface area (TPSA) is 67.9 Å². The molecule has 35 heavy (non-hydrogen) atoms. The molecule has 6 nitrogen and oxygen atoms in total. The van der Waals surface area contributed by atoms with E-state index in [1.807, 2.05) is 31.2 Å². The zero-order valence-electron chi connectivity index (χ0n) is 20.4. The van der Waals surface area contributed by atoms with Gasteiger partial charge in [0.05, 0.1) is 13.7 Å². The molecule has 1 aliphatic rings. The van der Waals surface area contributed by atoms with Crippen molar-refractivity contribution in [1.29, 1.82) is 0 Å². The smallest absolute Gasteiger partial charge is 0.243 e. The summed E-state index contributed by atoms with van der Waals surface area (Å²) in [5, 5.41) is 4.10. The van der Waals surface area contributed by atoms with Crippen molar-refractivity contribution in [3.8, 4) is 11.5 Å². The van der Waals surface area contributed by atoms with E-state index in [9.17, 15) is 9.59 Å². The van der Waals surface area contributed by atoms with Gasteiger partial charge in [0.2, 0.25) is 11.8 Å². The summed E-state index contributed by atoms with van der Waals surface area (Å²) in [4.78, 5) is 28.2. The molecule has 0 radical (unpaired) electrons. The van der Waals surface area contributed by atoms with E-state index in [1.54, 1.807) is 30.2 Å². The van der Waals surface area contributed by atoms with Gasteiger partial charge >= 0.3 is 0 Å². The Morgan fingerprint density at radius 1 is 1.06 bits per heavy atom. The maximum Gasteiger partial charge on any atom is 0.243 e. The SMILES string of the molecule is CC[C@H](C(=O)NC1CCCC1)N(Cc1c(Cl)cccc1Cl)C(=O)CCCOc1ccc(OC)cc1. The van der Waals surface area contributed by atoms with Crippen LogP contribution in [-0.4, -0.2) is 42.5 Å². The number of benzene rings is 2. The third kappa shape index (κ3) is 7.77. The number of hydrogen-bond donors (Lipinski definition) is 1. The minimum Gasteiger partial charge on any atom is -0.497 e. The molecule has 2 aromatic carbocycles. The van der Waals surface area contributed by atoms with Crippen LogP contribution in [0.1, 0.15) is 57.4 Å². The third-order valence-electron chi connectivity index (χ3n) is 6.34. The van der Waals surface area contributed by atoms with Crippen LogP contribution >= 0.6 is 23.2 Å². The third-order valence-corrected chi connectivity index (χ3v) is 7.05. The first-order valence-electron chi connectivity index (χ1n) is 12.2. The molecule has 1 saturated carbocycles. The molecule has 0 heterocycles. The Morgan fingerprint density at radius 3 is 2.29 bits per heavy atom. The van der Waals surface area contributed by atoms with Gasteiger partial charge in [-0.15, -0.1) is 0 Å². The Balaban J connectivity index is 1.67. The first-order valence-corrected chi connectivity index (χ1v) is 13.0. The second-order valence-electron chi connectivity index (χ2n) is 8.76. The van der Waals surface area contributed by atoms with E-state index in [2.05, 4.69) is 5.32 Å². The standard InChI is InChI=1S/C27H34Cl2N2O4/c1-3-25(27(33)30-19-8-4-5-9-19)31(18-22-23(28)10-6-11-24(22)29)26(32)12-7-17-35-21-15-13-20(34-2)14-16-21/h6,10-11,13-16,19,25H,3-5,7-9,12,17-18H2,1-2H3,(H,30,33)/t25-/m1/s1. The summed E-state index contributed by atoms with van der Waals surface area (Å²) in [6, 6.07) is 12.1. The minimum absolute atomic E-state index is 0.120. The number of amides is 2. The molecule has 190 valence electrons. The van der Waals surface area contributed by atoms with Crippen LogP contribution in [0.25, 0.3) is 0 Å². The lowest BCUT2D eigenvalue weighted by molar-refractivity contribution is -0.141. The van der Waals surface area contributed by atoms with E-state index in [0.717, 1.165) is 31.4 Å². The van der Waals surface area contributed by atoms with Gasteiger partial charge in [0.1, 0.15) is 17.5 Å². The van der Waals surface area contributed by atoms with Gasteiger partial charge in [-0.1, -0.05) is 49.0 Å². The highest BCUT2D eigenvalue weighted by Crippen LogP contribution is 2.28. The van der Waals surface area contributed by atoms with Crippen LogP contribution in [0, 0.1) is 0 Å². The summed E-state index contributed by atoms with van der Waals surface area (Å²) in [7, 11) is 1.61. The summed E-state index contributed by atoms with van der Waals surface area (Å²) in [5.41, 5.74) is 0.644. The number of nitrogens with one attached hydrogen (secondary N) is 1. The van der Waals surface area contributed by atoms with Crippen molar-refractivity contribution in [2.75, 3.05) is 13.7 Å². The van der Waals surface area contributed by atoms with Crippen LogP contribution in [0.2, 0.25) is 10.0 Å². The van der Waals surface area contributed by atoms with Gasteiger partial charge in [-0.05, 0) is 62.1 Å².